The molecule has 0 aliphatic carbocycles. The maximum atomic E-state index is 12.7. The molecule has 0 fully saturated rings. The summed E-state index contributed by atoms with van der Waals surface area (Å²) < 4.78 is 6.83. The normalized spacial score (nSPS) is 13.8. The number of Topliss-reactive ketones (excluding diaryl/α,β-unsaturated/α-hetero) is 1. The highest BCUT2D eigenvalue weighted by Gasteiger charge is 2.18. The number of allylic oxidation sites excluding steroid dienone is 2. The predicted octanol–water partition coefficient (Wildman–Crippen LogP) is 8.85. The highest BCUT2D eigenvalue weighted by molar-refractivity contribution is 7.29. The number of fused-ring (bicyclic) bond motifs is 2. The van der Waals surface area contributed by atoms with E-state index in [9.17, 15) is 4.79 Å². The monoisotopic (exact) mass is 544 g/mol. The lowest BCUT2D eigenvalue weighted by Gasteiger charge is -2.16. The molecule has 2 aromatic carbocycles. The molecule has 196 valence electrons. The average Bonchev–Trinajstić information content (AvgIpc) is 3.61. The second-order valence-electron chi connectivity index (χ2n) is 9.40. The van der Waals surface area contributed by atoms with Gasteiger partial charge in [-0.15, -0.1) is 21.6 Å². The number of thiazole rings is 1. The van der Waals surface area contributed by atoms with Crippen molar-refractivity contribution in [1.82, 2.24) is 4.98 Å². The fraction of sp³-hybridized carbons (Fsp3) is 0.333. The number of thiophene rings is 1. The van der Waals surface area contributed by atoms with E-state index in [1.807, 2.05) is 37.3 Å². The largest absolute Gasteiger partial charge is 0.494 e. The number of benzene rings is 2. The quantitative estimate of drug-likeness (QED) is 0.114. The lowest BCUT2D eigenvalue weighted by Crippen LogP contribution is -2.18. The molecule has 0 spiro atoms. The smallest absolute Gasteiger partial charge is 0.231 e. The lowest BCUT2D eigenvalue weighted by atomic mass is 9.96. The maximum absolute atomic E-state index is 12.7. The van der Waals surface area contributed by atoms with Crippen LogP contribution in [0.2, 0.25) is 0 Å². The Morgan fingerprint density at radius 3 is 2.58 bits per heavy atom. The first-order chi connectivity index (χ1) is 18.5. The molecule has 0 saturated carbocycles. The molecule has 38 heavy (non-hydrogen) atoms. The summed E-state index contributed by atoms with van der Waals surface area (Å²) in [4.78, 5) is 21.7. The molecule has 0 unspecified atom stereocenters. The summed E-state index contributed by atoms with van der Waals surface area (Å²) >= 11 is 3.10. The van der Waals surface area contributed by atoms with Crippen LogP contribution in [0.4, 0.5) is 16.5 Å². The summed E-state index contributed by atoms with van der Waals surface area (Å²) in [6.45, 7) is 10.7. The summed E-state index contributed by atoms with van der Waals surface area (Å²) in [5, 5.41) is 9.51. The minimum absolute atomic E-state index is 0.0396. The zero-order valence-corrected chi connectivity index (χ0v) is 23.9. The number of nitrogens with zero attached hydrogens (tertiary/aromatic N) is 4. The van der Waals surface area contributed by atoms with Gasteiger partial charge in [-0.05, 0) is 86.7 Å². The Hall–Kier alpha value is -3.36. The molecule has 0 radical (unpaired) electrons. The van der Waals surface area contributed by atoms with Crippen molar-refractivity contribution >= 4 is 65.6 Å². The summed E-state index contributed by atoms with van der Waals surface area (Å²) in [7, 11) is 0. The van der Waals surface area contributed by atoms with E-state index in [4.69, 9.17) is 9.72 Å². The number of ketones is 1. The van der Waals surface area contributed by atoms with Crippen molar-refractivity contribution in [3.05, 3.63) is 64.5 Å². The van der Waals surface area contributed by atoms with Gasteiger partial charge < -0.3 is 9.64 Å². The third-order valence-corrected chi connectivity index (χ3v) is 8.94. The molecule has 6 nitrogen and oxygen atoms in total. The molecule has 8 heteroatoms. The minimum atomic E-state index is 0.0396. The van der Waals surface area contributed by atoms with E-state index in [0.29, 0.717) is 11.7 Å². The fourth-order valence-electron chi connectivity index (χ4n) is 4.76. The summed E-state index contributed by atoms with van der Waals surface area (Å²) in [5.41, 5.74) is 6.06. The summed E-state index contributed by atoms with van der Waals surface area (Å²) in [6.07, 6.45) is 3.17. The van der Waals surface area contributed by atoms with Crippen LogP contribution in [0.25, 0.3) is 20.7 Å². The highest BCUT2D eigenvalue weighted by atomic mass is 32.1. The summed E-state index contributed by atoms with van der Waals surface area (Å²) in [6, 6.07) is 16.2. The molecular weight excluding hydrogens is 512 g/mol. The summed E-state index contributed by atoms with van der Waals surface area (Å²) in [5.74, 6) is 0.867. The fourth-order valence-corrected chi connectivity index (χ4v) is 6.80. The molecule has 0 amide bonds. The third-order valence-electron chi connectivity index (χ3n) is 6.77. The second kappa shape index (κ2) is 11.6. The number of ether oxygens (including phenoxy) is 1. The van der Waals surface area contributed by atoms with E-state index < -0.39 is 0 Å². The number of hydrogen-bond donors (Lipinski definition) is 0. The molecule has 0 saturated heterocycles. The van der Waals surface area contributed by atoms with E-state index in [1.54, 1.807) is 18.3 Å². The SMILES string of the molecule is CCCCOc1ccc(/C(C(C)=O)=C(\C)c2cc3sc(N=Nc4ccc5c(c4)CCN5CC)nc3s2)cc1. The molecule has 0 N–H and O–H groups in total. The predicted molar refractivity (Wildman–Crippen MR) is 160 cm³/mol. The molecule has 2 aromatic heterocycles. The number of likely N-dealkylation sites (N-methyl/N-ethyl adjacent to an activating group) is 1. The number of aromatic nitrogens is 1. The van der Waals surface area contributed by atoms with Crippen LogP contribution < -0.4 is 9.64 Å². The number of rotatable bonds is 10. The van der Waals surface area contributed by atoms with Crippen LogP contribution in [0, 0.1) is 0 Å². The zero-order chi connectivity index (χ0) is 26.6. The molecule has 1 aliphatic heterocycles. The lowest BCUT2D eigenvalue weighted by molar-refractivity contribution is -0.111. The first-order valence-corrected chi connectivity index (χ1v) is 14.8. The van der Waals surface area contributed by atoms with Gasteiger partial charge in [0.1, 0.15) is 10.6 Å². The third kappa shape index (κ3) is 5.56. The highest BCUT2D eigenvalue weighted by Crippen LogP contribution is 2.40. The van der Waals surface area contributed by atoms with Crippen molar-refractivity contribution in [3.8, 4) is 5.75 Å². The van der Waals surface area contributed by atoms with Gasteiger partial charge in [0, 0.05) is 29.2 Å². The van der Waals surface area contributed by atoms with E-state index in [-0.39, 0.29) is 5.78 Å². The van der Waals surface area contributed by atoms with Crippen LogP contribution in [-0.4, -0.2) is 30.5 Å². The maximum Gasteiger partial charge on any atom is 0.231 e. The van der Waals surface area contributed by atoms with E-state index in [2.05, 4.69) is 47.2 Å². The standard InChI is InChI=1S/C30H32N4O2S2/c1-5-7-16-36-24-11-8-21(9-12-24)28(20(4)35)19(3)26-18-27-29(37-26)31-30(38-27)33-32-23-10-13-25-22(17-23)14-15-34(25)6-2/h8-13,17-18H,5-7,14-16H2,1-4H3/b28-19+,33-32?. The van der Waals surface area contributed by atoms with Crippen molar-refractivity contribution in [2.75, 3.05) is 24.6 Å². The van der Waals surface area contributed by atoms with Gasteiger partial charge in [-0.3, -0.25) is 4.79 Å². The van der Waals surface area contributed by atoms with Crippen molar-refractivity contribution in [3.63, 3.8) is 0 Å². The van der Waals surface area contributed by atoms with Crippen LogP contribution >= 0.6 is 22.7 Å². The number of carbonyl (C=O) groups excluding carboxylic acids is 1. The van der Waals surface area contributed by atoms with Crippen molar-refractivity contribution in [2.45, 2.75) is 47.0 Å². The van der Waals surface area contributed by atoms with Gasteiger partial charge in [-0.1, -0.05) is 36.8 Å². The molecule has 4 aromatic rings. The Bertz CT molecular complexity index is 1480. The van der Waals surface area contributed by atoms with Crippen molar-refractivity contribution in [2.24, 2.45) is 10.2 Å². The Morgan fingerprint density at radius 1 is 1.05 bits per heavy atom. The zero-order valence-electron chi connectivity index (χ0n) is 22.3. The second-order valence-corrected chi connectivity index (χ2v) is 11.4. The van der Waals surface area contributed by atoms with Crippen LogP contribution in [0.5, 0.6) is 5.75 Å². The number of hydrogen-bond acceptors (Lipinski definition) is 8. The topological polar surface area (TPSA) is 67.2 Å². The average molecular weight is 545 g/mol. The van der Waals surface area contributed by atoms with Gasteiger partial charge in [0.2, 0.25) is 5.13 Å². The number of unbranched alkanes of at least 4 members (excludes halogenated alkanes) is 1. The van der Waals surface area contributed by atoms with Crippen molar-refractivity contribution in [1.29, 1.82) is 0 Å². The van der Waals surface area contributed by atoms with Gasteiger partial charge in [0.15, 0.2) is 5.78 Å². The van der Waals surface area contributed by atoms with Gasteiger partial charge in [-0.2, -0.15) is 0 Å². The van der Waals surface area contributed by atoms with Crippen LogP contribution in [0.3, 0.4) is 0 Å². The van der Waals surface area contributed by atoms with Crippen LogP contribution in [0.15, 0.2) is 58.8 Å². The Kier molecular flexibility index (Phi) is 8.00. The molecule has 5 rings (SSSR count). The van der Waals surface area contributed by atoms with E-state index in [0.717, 1.165) is 74.9 Å². The van der Waals surface area contributed by atoms with Crippen molar-refractivity contribution < 1.29 is 9.53 Å². The molecular formula is C30H32N4O2S2. The van der Waals surface area contributed by atoms with Crippen LogP contribution in [0.1, 0.15) is 56.5 Å². The number of azo groups is 1. The minimum Gasteiger partial charge on any atom is -0.494 e. The van der Waals surface area contributed by atoms with Gasteiger partial charge in [0.25, 0.3) is 0 Å². The Balaban J connectivity index is 1.35. The molecule has 3 heterocycles. The Labute approximate surface area is 231 Å². The van der Waals surface area contributed by atoms with E-state index in [1.165, 1.54) is 22.6 Å². The first-order valence-electron chi connectivity index (χ1n) is 13.1. The van der Waals surface area contributed by atoms with Gasteiger partial charge in [0.05, 0.1) is 17.0 Å². The Morgan fingerprint density at radius 2 is 1.87 bits per heavy atom. The van der Waals surface area contributed by atoms with Gasteiger partial charge in [-0.25, -0.2) is 4.98 Å². The molecule has 1 aliphatic rings. The molecule has 0 atom stereocenters. The van der Waals surface area contributed by atoms with E-state index >= 15 is 0 Å². The first kappa shape index (κ1) is 26.3. The number of anilines is 1. The van der Waals surface area contributed by atoms with Gasteiger partial charge >= 0.3 is 0 Å². The molecule has 0 bridgehead atoms. The van der Waals surface area contributed by atoms with Crippen LogP contribution in [-0.2, 0) is 11.2 Å². The number of carbonyl (C=O) groups is 1.